The zero-order valence-electron chi connectivity index (χ0n) is 17.8. The van der Waals surface area contributed by atoms with E-state index in [0.29, 0.717) is 6.54 Å². The molecule has 0 unspecified atom stereocenters. The second-order valence-corrected chi connectivity index (χ2v) is 8.48. The monoisotopic (exact) mass is 455 g/mol. The summed E-state index contributed by atoms with van der Waals surface area (Å²) in [5.74, 6) is 0.917. The molecule has 3 aromatic rings. The van der Waals surface area contributed by atoms with Crippen LogP contribution in [0, 0.1) is 17.0 Å². The van der Waals surface area contributed by atoms with E-state index in [9.17, 15) is 15.2 Å². The number of nitro benzene ring substituents is 1. The van der Waals surface area contributed by atoms with Crippen molar-refractivity contribution in [2.24, 2.45) is 0 Å². The lowest BCUT2D eigenvalue weighted by molar-refractivity contribution is -0.386. The molecule has 168 valence electrons. The highest BCUT2D eigenvalue weighted by molar-refractivity contribution is 7.09. The van der Waals surface area contributed by atoms with Crippen molar-refractivity contribution in [3.05, 3.63) is 64.2 Å². The lowest BCUT2D eigenvalue weighted by Gasteiger charge is -2.35. The zero-order chi connectivity index (χ0) is 22.5. The summed E-state index contributed by atoms with van der Waals surface area (Å²) in [5.41, 5.74) is 1.71. The van der Waals surface area contributed by atoms with E-state index in [-0.39, 0.29) is 18.0 Å². The molecular weight excluding hydrogens is 430 g/mol. The van der Waals surface area contributed by atoms with Crippen LogP contribution in [0.1, 0.15) is 5.56 Å². The Morgan fingerprint density at radius 3 is 2.66 bits per heavy atom. The second-order valence-electron chi connectivity index (χ2n) is 7.75. The third-order valence-corrected chi connectivity index (χ3v) is 6.08. The first kappa shape index (κ1) is 22.1. The molecule has 9 nitrogen and oxygen atoms in total. The molecule has 1 aliphatic heterocycles. The minimum Gasteiger partial charge on any atom is -0.484 e. The number of ether oxygens (including phenoxy) is 1. The smallest absolute Gasteiger partial charge is 0.311 e. The van der Waals surface area contributed by atoms with Crippen LogP contribution in [0.3, 0.4) is 0 Å². The van der Waals surface area contributed by atoms with Gasteiger partial charge >= 0.3 is 5.69 Å². The molecule has 0 bridgehead atoms. The van der Waals surface area contributed by atoms with Crippen molar-refractivity contribution in [3.8, 4) is 17.1 Å². The summed E-state index contributed by atoms with van der Waals surface area (Å²) < 4.78 is 10.0. The molecule has 0 saturated carbocycles. The van der Waals surface area contributed by atoms with Crippen LogP contribution < -0.4 is 9.64 Å². The molecule has 1 saturated heterocycles. The van der Waals surface area contributed by atoms with Crippen molar-refractivity contribution >= 4 is 22.4 Å². The van der Waals surface area contributed by atoms with Crippen LogP contribution in [0.15, 0.2) is 48.5 Å². The van der Waals surface area contributed by atoms with Gasteiger partial charge in [0.1, 0.15) is 12.7 Å². The number of aryl methyl sites for hydroxylation is 1. The van der Waals surface area contributed by atoms with Crippen LogP contribution in [0.2, 0.25) is 0 Å². The van der Waals surface area contributed by atoms with Crippen LogP contribution in [0.4, 0.5) is 10.8 Å². The van der Waals surface area contributed by atoms with Gasteiger partial charge in [-0.2, -0.15) is 9.36 Å². The Labute approximate surface area is 190 Å². The molecular formula is C22H25N5O4S. The first-order valence-electron chi connectivity index (χ1n) is 10.4. The Kier molecular flexibility index (Phi) is 6.93. The highest BCUT2D eigenvalue weighted by Gasteiger charge is 2.23. The predicted molar refractivity (Wildman–Crippen MR) is 123 cm³/mol. The lowest BCUT2D eigenvalue weighted by atomic mass is 10.2. The van der Waals surface area contributed by atoms with Crippen LogP contribution >= 0.6 is 11.5 Å². The fourth-order valence-electron chi connectivity index (χ4n) is 3.60. The molecule has 2 heterocycles. The summed E-state index contributed by atoms with van der Waals surface area (Å²) in [6.07, 6.45) is -0.742. The Bertz CT molecular complexity index is 1050. The van der Waals surface area contributed by atoms with Gasteiger partial charge in [-0.05, 0) is 18.6 Å². The summed E-state index contributed by atoms with van der Waals surface area (Å²) in [4.78, 5) is 19.8. The highest BCUT2D eigenvalue weighted by Crippen LogP contribution is 2.28. The summed E-state index contributed by atoms with van der Waals surface area (Å²) in [6.45, 7) is 5.38. The van der Waals surface area contributed by atoms with Gasteiger partial charge in [-0.1, -0.05) is 36.4 Å². The number of aliphatic hydroxyl groups excluding tert-OH is 1. The maximum Gasteiger partial charge on any atom is 0.311 e. The van der Waals surface area contributed by atoms with Crippen molar-refractivity contribution in [1.82, 2.24) is 14.3 Å². The van der Waals surface area contributed by atoms with Gasteiger partial charge in [0.25, 0.3) is 0 Å². The van der Waals surface area contributed by atoms with E-state index < -0.39 is 11.0 Å². The Morgan fingerprint density at radius 2 is 1.94 bits per heavy atom. The summed E-state index contributed by atoms with van der Waals surface area (Å²) >= 11 is 1.40. The van der Waals surface area contributed by atoms with Gasteiger partial charge < -0.3 is 14.7 Å². The Hall–Kier alpha value is -3.08. The second kappa shape index (κ2) is 10.0. The van der Waals surface area contributed by atoms with Gasteiger partial charge in [-0.3, -0.25) is 15.0 Å². The molecule has 1 fully saturated rings. The van der Waals surface area contributed by atoms with E-state index >= 15 is 0 Å². The van der Waals surface area contributed by atoms with E-state index in [2.05, 4.69) is 19.2 Å². The van der Waals surface area contributed by atoms with Gasteiger partial charge in [-0.15, -0.1) is 0 Å². The standard InChI is InChI=1S/C22H25N5O4S/c1-16-7-8-20(19(13-16)27(29)30)31-15-18(28)14-25-9-11-26(12-10-25)22-23-21(24-32-22)17-5-3-2-4-6-17/h2-8,13,18,28H,9-12,14-15H2,1H3/t18-/m1/s1. The third-order valence-electron chi connectivity index (χ3n) is 5.30. The van der Waals surface area contributed by atoms with Crippen LogP contribution in [-0.4, -0.2) is 69.7 Å². The maximum atomic E-state index is 11.2. The van der Waals surface area contributed by atoms with Gasteiger partial charge in [0.05, 0.1) is 4.92 Å². The summed E-state index contributed by atoms with van der Waals surface area (Å²) in [6, 6.07) is 14.7. The summed E-state index contributed by atoms with van der Waals surface area (Å²) in [5, 5.41) is 22.5. The van der Waals surface area contributed by atoms with Gasteiger partial charge in [0, 0.05) is 55.9 Å². The lowest BCUT2D eigenvalue weighted by Crippen LogP contribution is -2.49. The van der Waals surface area contributed by atoms with Crippen molar-refractivity contribution in [1.29, 1.82) is 0 Å². The van der Waals surface area contributed by atoms with Crippen molar-refractivity contribution in [3.63, 3.8) is 0 Å². The maximum absolute atomic E-state index is 11.2. The number of rotatable bonds is 8. The van der Waals surface area contributed by atoms with Gasteiger partial charge in [-0.25, -0.2) is 0 Å². The molecule has 10 heteroatoms. The number of benzene rings is 2. The number of aliphatic hydroxyl groups is 1. The minimum atomic E-state index is -0.742. The predicted octanol–water partition coefficient (Wildman–Crippen LogP) is 2.98. The molecule has 1 N–H and O–H groups in total. The first-order valence-corrected chi connectivity index (χ1v) is 11.2. The highest BCUT2D eigenvalue weighted by atomic mass is 32.1. The molecule has 0 amide bonds. The molecule has 4 rings (SSSR count). The Morgan fingerprint density at radius 1 is 1.19 bits per heavy atom. The van der Waals surface area contributed by atoms with Crippen molar-refractivity contribution in [2.45, 2.75) is 13.0 Å². The number of aromatic nitrogens is 2. The van der Waals surface area contributed by atoms with Crippen LogP contribution in [0.25, 0.3) is 11.4 Å². The molecule has 0 aliphatic carbocycles. The average molecular weight is 456 g/mol. The molecule has 1 atom stereocenters. The zero-order valence-corrected chi connectivity index (χ0v) is 18.6. The number of piperazine rings is 1. The van der Waals surface area contributed by atoms with Crippen molar-refractivity contribution in [2.75, 3.05) is 44.2 Å². The SMILES string of the molecule is Cc1ccc(OC[C@H](O)CN2CCN(c3nc(-c4ccccc4)ns3)CC2)c([N+](=O)[O-])c1. The molecule has 0 radical (unpaired) electrons. The van der Waals surface area contributed by atoms with Crippen LogP contribution in [-0.2, 0) is 0 Å². The first-order chi connectivity index (χ1) is 15.5. The van der Waals surface area contributed by atoms with E-state index in [4.69, 9.17) is 4.74 Å². The molecule has 1 aromatic heterocycles. The van der Waals surface area contributed by atoms with Gasteiger partial charge in [0.2, 0.25) is 5.13 Å². The van der Waals surface area contributed by atoms with Crippen molar-refractivity contribution < 1.29 is 14.8 Å². The topological polar surface area (TPSA) is 105 Å². The number of nitro groups is 1. The van der Waals surface area contributed by atoms with Crippen LogP contribution in [0.5, 0.6) is 5.75 Å². The van der Waals surface area contributed by atoms with E-state index in [1.54, 1.807) is 19.1 Å². The third kappa shape index (κ3) is 5.39. The molecule has 32 heavy (non-hydrogen) atoms. The summed E-state index contributed by atoms with van der Waals surface area (Å²) in [7, 11) is 0. The number of nitrogens with zero attached hydrogens (tertiary/aromatic N) is 5. The normalized spacial score (nSPS) is 15.5. The quantitative estimate of drug-likeness (QED) is 0.408. The largest absolute Gasteiger partial charge is 0.484 e. The van der Waals surface area contributed by atoms with Gasteiger partial charge in [0.15, 0.2) is 11.6 Å². The van der Waals surface area contributed by atoms with E-state index in [0.717, 1.165) is 48.3 Å². The fraction of sp³-hybridized carbons (Fsp3) is 0.364. The van der Waals surface area contributed by atoms with E-state index in [1.807, 2.05) is 30.3 Å². The minimum absolute atomic E-state index is 0.000944. The molecule has 0 spiro atoms. The molecule has 1 aliphatic rings. The number of hydrogen-bond donors (Lipinski definition) is 1. The Balaban J connectivity index is 1.26. The number of hydrogen-bond acceptors (Lipinski definition) is 9. The molecule has 2 aromatic carbocycles. The average Bonchev–Trinajstić information content (AvgIpc) is 3.29. The fourth-order valence-corrected chi connectivity index (χ4v) is 4.34. The number of β-amino-alcohol motifs (C(OH)–C–C–N with tert-alkyl or cyclic N) is 1. The number of anilines is 1. The van der Waals surface area contributed by atoms with E-state index in [1.165, 1.54) is 17.6 Å².